The van der Waals surface area contributed by atoms with E-state index in [2.05, 4.69) is 4.98 Å². The Hall–Kier alpha value is -4.41. The van der Waals surface area contributed by atoms with Crippen molar-refractivity contribution in [2.45, 2.75) is 32.2 Å². The van der Waals surface area contributed by atoms with Gasteiger partial charge in [0.1, 0.15) is 6.04 Å². The fourth-order valence-corrected chi connectivity index (χ4v) is 4.23. The molecule has 2 aromatic rings. The van der Waals surface area contributed by atoms with Crippen molar-refractivity contribution < 1.29 is 33.9 Å². The zero-order valence-electron chi connectivity index (χ0n) is 17.4. The van der Waals surface area contributed by atoms with E-state index in [4.69, 9.17) is 10.8 Å². The van der Waals surface area contributed by atoms with Crippen LogP contribution < -0.4 is 10.6 Å². The normalized spacial score (nSPS) is 18.0. The molecule has 1 saturated heterocycles. The third-order valence-electron chi connectivity index (χ3n) is 5.72. The van der Waals surface area contributed by atoms with Gasteiger partial charge in [-0.2, -0.15) is 0 Å². The average molecular weight is 450 g/mol. The molecule has 1 atom stereocenters. The SMILES string of the molecule is Cc1c(N2C(=O)CCC(N3C(=O)c4ccccc4C3=O)C2=O)cnc(CC(=O)O)c1C(N)=O. The molecule has 1 unspecified atom stereocenters. The lowest BCUT2D eigenvalue weighted by molar-refractivity contribution is -0.136. The van der Waals surface area contributed by atoms with Crippen LogP contribution in [0.15, 0.2) is 30.5 Å². The molecular formula is C22H18N4O7. The highest BCUT2D eigenvalue weighted by Gasteiger charge is 2.47. The standard InChI is InChI=1S/C22H18N4O7/c1-10-15(9-24-13(8-17(28)29)18(10)19(23)30)25-16(27)7-6-14(22(25)33)26-20(31)11-4-2-3-5-12(11)21(26)32/h2-5,9,14H,6-8H2,1H3,(H2,23,30)(H,28,29). The van der Waals surface area contributed by atoms with E-state index >= 15 is 0 Å². The Morgan fingerprint density at radius 3 is 2.27 bits per heavy atom. The maximum atomic E-state index is 13.4. The molecule has 11 heteroatoms. The van der Waals surface area contributed by atoms with Crippen molar-refractivity contribution in [1.82, 2.24) is 9.88 Å². The second kappa shape index (κ2) is 7.93. The number of carbonyl (C=O) groups excluding carboxylic acids is 5. The number of rotatable bonds is 5. The number of amides is 5. The maximum Gasteiger partial charge on any atom is 0.309 e. The summed E-state index contributed by atoms with van der Waals surface area (Å²) in [5, 5.41) is 9.07. The molecule has 4 rings (SSSR count). The van der Waals surface area contributed by atoms with Gasteiger partial charge in [0.05, 0.1) is 40.7 Å². The Morgan fingerprint density at radius 2 is 1.73 bits per heavy atom. The van der Waals surface area contributed by atoms with Gasteiger partial charge in [-0.3, -0.25) is 38.7 Å². The molecule has 1 aromatic carbocycles. The molecule has 1 aromatic heterocycles. The number of pyridine rings is 1. The highest BCUT2D eigenvalue weighted by atomic mass is 16.4. The monoisotopic (exact) mass is 450 g/mol. The predicted octanol–water partition coefficient (Wildman–Crippen LogP) is 0.434. The summed E-state index contributed by atoms with van der Waals surface area (Å²) in [5.41, 5.74) is 5.48. The molecule has 0 radical (unpaired) electrons. The first kappa shape index (κ1) is 21.8. The number of piperidine rings is 1. The van der Waals surface area contributed by atoms with Crippen molar-refractivity contribution in [3.8, 4) is 0 Å². The fourth-order valence-electron chi connectivity index (χ4n) is 4.23. The van der Waals surface area contributed by atoms with E-state index in [9.17, 15) is 28.8 Å². The van der Waals surface area contributed by atoms with Crippen LogP contribution in [-0.4, -0.2) is 56.5 Å². The molecule has 1 fully saturated rings. The Bertz CT molecular complexity index is 1230. The fraction of sp³-hybridized carbons (Fsp3) is 0.227. The maximum absolute atomic E-state index is 13.4. The molecule has 3 heterocycles. The molecule has 0 bridgehead atoms. The van der Waals surface area contributed by atoms with E-state index in [0.717, 1.165) is 16.0 Å². The summed E-state index contributed by atoms with van der Waals surface area (Å²) in [7, 11) is 0. The molecule has 33 heavy (non-hydrogen) atoms. The van der Waals surface area contributed by atoms with Crippen molar-refractivity contribution >= 4 is 41.2 Å². The Morgan fingerprint density at radius 1 is 1.12 bits per heavy atom. The number of hydrogen-bond donors (Lipinski definition) is 2. The molecule has 2 aliphatic heterocycles. The van der Waals surface area contributed by atoms with E-state index < -0.39 is 48.0 Å². The number of nitrogens with two attached hydrogens (primary N) is 1. The topological polar surface area (TPSA) is 168 Å². The van der Waals surface area contributed by atoms with Gasteiger partial charge in [-0.15, -0.1) is 0 Å². The molecule has 0 aliphatic carbocycles. The van der Waals surface area contributed by atoms with E-state index in [1.54, 1.807) is 12.1 Å². The summed E-state index contributed by atoms with van der Waals surface area (Å²) in [6.45, 7) is 1.41. The summed E-state index contributed by atoms with van der Waals surface area (Å²) in [6.07, 6.45) is 0.331. The summed E-state index contributed by atoms with van der Waals surface area (Å²) in [5.74, 6) is -4.91. The zero-order valence-corrected chi connectivity index (χ0v) is 17.4. The van der Waals surface area contributed by atoms with Crippen LogP contribution in [0.4, 0.5) is 5.69 Å². The van der Waals surface area contributed by atoms with Gasteiger partial charge < -0.3 is 10.8 Å². The summed E-state index contributed by atoms with van der Waals surface area (Å²) < 4.78 is 0. The highest BCUT2D eigenvalue weighted by Crippen LogP contribution is 2.33. The minimum Gasteiger partial charge on any atom is -0.481 e. The lowest BCUT2D eigenvalue weighted by atomic mass is 9.98. The van der Waals surface area contributed by atoms with Gasteiger partial charge in [0.25, 0.3) is 23.6 Å². The molecule has 11 nitrogen and oxygen atoms in total. The first-order valence-electron chi connectivity index (χ1n) is 9.97. The molecule has 168 valence electrons. The van der Waals surface area contributed by atoms with Gasteiger partial charge in [-0.25, -0.2) is 4.90 Å². The van der Waals surface area contributed by atoms with Gasteiger partial charge in [0.2, 0.25) is 5.91 Å². The van der Waals surface area contributed by atoms with Gasteiger partial charge in [-0.1, -0.05) is 12.1 Å². The Balaban J connectivity index is 1.75. The number of carboxylic acids is 1. The van der Waals surface area contributed by atoms with E-state index in [0.29, 0.717) is 0 Å². The first-order chi connectivity index (χ1) is 15.6. The number of fused-ring (bicyclic) bond motifs is 1. The van der Waals surface area contributed by atoms with Crippen molar-refractivity contribution in [1.29, 1.82) is 0 Å². The predicted molar refractivity (Wildman–Crippen MR) is 111 cm³/mol. The smallest absolute Gasteiger partial charge is 0.309 e. The molecule has 0 saturated carbocycles. The molecule has 5 amide bonds. The quantitative estimate of drug-likeness (QED) is 0.618. The van der Waals surface area contributed by atoms with E-state index in [1.807, 2.05) is 0 Å². The van der Waals surface area contributed by atoms with Crippen LogP contribution in [0.2, 0.25) is 0 Å². The number of nitrogens with zero attached hydrogens (tertiary/aromatic N) is 3. The Labute approximate surface area is 186 Å². The number of hydrogen-bond acceptors (Lipinski definition) is 7. The average Bonchev–Trinajstić information content (AvgIpc) is 3.00. The summed E-state index contributed by atoms with van der Waals surface area (Å²) in [6, 6.07) is 4.95. The Kier molecular flexibility index (Phi) is 5.24. The van der Waals surface area contributed by atoms with Crippen molar-refractivity contribution in [2.24, 2.45) is 5.73 Å². The minimum absolute atomic E-state index is 0.0497. The van der Waals surface area contributed by atoms with Crippen LogP contribution in [0.3, 0.4) is 0 Å². The number of carboxylic acid groups (broad SMARTS) is 1. The lowest BCUT2D eigenvalue weighted by Gasteiger charge is -2.35. The number of aromatic nitrogens is 1. The number of imide groups is 2. The van der Waals surface area contributed by atoms with Gasteiger partial charge in [-0.05, 0) is 31.0 Å². The van der Waals surface area contributed by atoms with Crippen LogP contribution in [0, 0.1) is 6.92 Å². The van der Waals surface area contributed by atoms with Crippen molar-refractivity contribution in [3.05, 3.63) is 58.4 Å². The van der Waals surface area contributed by atoms with Gasteiger partial charge in [0.15, 0.2) is 0 Å². The number of carbonyl (C=O) groups is 6. The summed E-state index contributed by atoms with van der Waals surface area (Å²) >= 11 is 0. The van der Waals surface area contributed by atoms with Crippen LogP contribution in [0.5, 0.6) is 0 Å². The molecule has 2 aliphatic rings. The number of anilines is 1. The lowest BCUT2D eigenvalue weighted by Crippen LogP contribution is -2.56. The second-order valence-corrected chi connectivity index (χ2v) is 7.67. The highest BCUT2D eigenvalue weighted by molar-refractivity contribution is 6.26. The summed E-state index contributed by atoms with van der Waals surface area (Å²) in [4.78, 5) is 80.5. The van der Waals surface area contributed by atoms with Crippen LogP contribution >= 0.6 is 0 Å². The number of benzene rings is 1. The van der Waals surface area contributed by atoms with Gasteiger partial charge >= 0.3 is 5.97 Å². The van der Waals surface area contributed by atoms with Gasteiger partial charge in [0, 0.05) is 6.42 Å². The van der Waals surface area contributed by atoms with E-state index in [1.165, 1.54) is 19.1 Å². The van der Waals surface area contributed by atoms with Crippen LogP contribution in [0.1, 0.15) is 55.2 Å². The largest absolute Gasteiger partial charge is 0.481 e. The van der Waals surface area contributed by atoms with E-state index in [-0.39, 0.29) is 46.5 Å². The molecule has 0 spiro atoms. The minimum atomic E-state index is -1.24. The molecule has 3 N–H and O–H groups in total. The third-order valence-corrected chi connectivity index (χ3v) is 5.72. The first-order valence-corrected chi connectivity index (χ1v) is 9.97. The molecular weight excluding hydrogens is 432 g/mol. The van der Waals surface area contributed by atoms with Crippen molar-refractivity contribution in [3.63, 3.8) is 0 Å². The van der Waals surface area contributed by atoms with Crippen LogP contribution in [-0.2, 0) is 20.8 Å². The van der Waals surface area contributed by atoms with Crippen molar-refractivity contribution in [2.75, 3.05) is 4.90 Å². The second-order valence-electron chi connectivity index (χ2n) is 7.67. The number of primary amides is 1. The third kappa shape index (κ3) is 3.43. The van der Waals surface area contributed by atoms with Crippen LogP contribution in [0.25, 0.3) is 0 Å². The zero-order chi connectivity index (χ0) is 24.0. The number of aliphatic carboxylic acids is 1.